The summed E-state index contributed by atoms with van der Waals surface area (Å²) in [5, 5.41) is 23.6. The number of carboxylic acid groups (broad SMARTS) is 1. The summed E-state index contributed by atoms with van der Waals surface area (Å²) in [6.45, 7) is 0.0722. The molecule has 0 heterocycles. The highest BCUT2D eigenvalue weighted by molar-refractivity contribution is 5.89. The van der Waals surface area contributed by atoms with Crippen LogP contribution < -0.4 is 10.6 Å². The second-order valence-electron chi connectivity index (χ2n) is 8.27. The van der Waals surface area contributed by atoms with E-state index in [0.717, 1.165) is 22.3 Å². The summed E-state index contributed by atoms with van der Waals surface area (Å²) in [6, 6.07) is 13.8. The van der Waals surface area contributed by atoms with Crippen LogP contribution in [0.1, 0.15) is 23.5 Å². The fourth-order valence-corrected chi connectivity index (χ4v) is 4.06. The Morgan fingerprint density at radius 2 is 1.58 bits per heavy atom. The van der Waals surface area contributed by atoms with Crippen LogP contribution in [0.15, 0.2) is 48.5 Å². The topological polar surface area (TPSA) is 128 Å². The SMILES string of the molecule is CN(C)CC(CO)NC(=O)C(CC(=O)O)NC(=O)OCC1c2ccccc2-c2ccccc21. The lowest BCUT2D eigenvalue weighted by molar-refractivity contribution is -0.140. The molecule has 33 heavy (non-hydrogen) atoms. The van der Waals surface area contributed by atoms with Gasteiger partial charge in [-0.1, -0.05) is 48.5 Å². The van der Waals surface area contributed by atoms with Gasteiger partial charge in [0.2, 0.25) is 5.91 Å². The first-order chi connectivity index (χ1) is 15.8. The Balaban J connectivity index is 1.65. The zero-order valence-electron chi connectivity index (χ0n) is 18.7. The summed E-state index contributed by atoms with van der Waals surface area (Å²) in [6.07, 6.45) is -1.50. The summed E-state index contributed by atoms with van der Waals surface area (Å²) >= 11 is 0. The lowest BCUT2D eigenvalue weighted by Crippen LogP contribution is -2.53. The Morgan fingerprint density at radius 1 is 1.00 bits per heavy atom. The van der Waals surface area contributed by atoms with Crippen LogP contribution in [0.25, 0.3) is 11.1 Å². The number of benzene rings is 2. The van der Waals surface area contributed by atoms with E-state index in [0.29, 0.717) is 6.54 Å². The van der Waals surface area contributed by atoms with Crippen molar-refractivity contribution < 1.29 is 29.3 Å². The van der Waals surface area contributed by atoms with E-state index in [1.54, 1.807) is 19.0 Å². The van der Waals surface area contributed by atoms with Gasteiger partial charge in [-0.2, -0.15) is 0 Å². The number of rotatable bonds is 10. The van der Waals surface area contributed by atoms with Gasteiger partial charge < -0.3 is 30.5 Å². The molecule has 0 fully saturated rings. The Kier molecular flexibility index (Phi) is 8.02. The third-order valence-electron chi connectivity index (χ3n) is 5.48. The van der Waals surface area contributed by atoms with Gasteiger partial charge in [0.1, 0.15) is 12.6 Å². The number of nitrogens with one attached hydrogen (secondary N) is 2. The summed E-state index contributed by atoms with van der Waals surface area (Å²) in [5.41, 5.74) is 4.25. The molecule has 2 unspecified atom stereocenters. The number of alkyl carbamates (subject to hydrolysis) is 1. The normalized spacial score (nSPS) is 14.2. The molecule has 2 amide bonds. The molecule has 0 aliphatic heterocycles. The van der Waals surface area contributed by atoms with Crippen molar-refractivity contribution in [1.82, 2.24) is 15.5 Å². The van der Waals surface area contributed by atoms with Crippen molar-refractivity contribution in [2.75, 3.05) is 33.9 Å². The number of aliphatic carboxylic acids is 1. The van der Waals surface area contributed by atoms with E-state index in [1.165, 1.54) is 0 Å². The molecule has 0 saturated carbocycles. The van der Waals surface area contributed by atoms with Crippen LogP contribution in [0.4, 0.5) is 4.79 Å². The van der Waals surface area contributed by atoms with Gasteiger partial charge in [0.05, 0.1) is 19.1 Å². The minimum atomic E-state index is -1.34. The van der Waals surface area contributed by atoms with Crippen molar-refractivity contribution in [2.24, 2.45) is 0 Å². The number of likely N-dealkylation sites (N-methyl/N-ethyl adjacent to an activating group) is 1. The number of carbonyl (C=O) groups excluding carboxylic acids is 2. The lowest BCUT2D eigenvalue weighted by atomic mass is 9.98. The minimum absolute atomic E-state index is 0.0428. The molecule has 2 atom stereocenters. The number of aliphatic hydroxyl groups excluding tert-OH is 1. The lowest BCUT2D eigenvalue weighted by Gasteiger charge is -2.23. The number of fused-ring (bicyclic) bond motifs is 3. The predicted molar refractivity (Wildman–Crippen MR) is 122 cm³/mol. The number of hydrogen-bond acceptors (Lipinski definition) is 6. The van der Waals surface area contributed by atoms with Crippen LogP contribution in [0.5, 0.6) is 0 Å². The monoisotopic (exact) mass is 455 g/mol. The van der Waals surface area contributed by atoms with Crippen LogP contribution in [0.2, 0.25) is 0 Å². The Morgan fingerprint density at radius 3 is 2.09 bits per heavy atom. The smallest absolute Gasteiger partial charge is 0.407 e. The van der Waals surface area contributed by atoms with E-state index in [9.17, 15) is 24.6 Å². The molecule has 0 saturated heterocycles. The zero-order chi connectivity index (χ0) is 24.0. The highest BCUT2D eigenvalue weighted by Gasteiger charge is 2.30. The summed E-state index contributed by atoms with van der Waals surface area (Å²) in [7, 11) is 3.55. The maximum Gasteiger partial charge on any atom is 0.407 e. The second-order valence-corrected chi connectivity index (χ2v) is 8.27. The molecule has 1 aliphatic rings. The Labute approximate surface area is 192 Å². The van der Waals surface area contributed by atoms with Crippen molar-refractivity contribution in [1.29, 1.82) is 0 Å². The Hall–Kier alpha value is -3.43. The molecular weight excluding hydrogens is 426 g/mol. The molecule has 4 N–H and O–H groups in total. The van der Waals surface area contributed by atoms with Gasteiger partial charge in [-0.25, -0.2) is 4.79 Å². The molecule has 2 aromatic carbocycles. The van der Waals surface area contributed by atoms with Crippen molar-refractivity contribution >= 4 is 18.0 Å². The molecule has 9 nitrogen and oxygen atoms in total. The fraction of sp³-hybridized carbons (Fsp3) is 0.375. The fourth-order valence-electron chi connectivity index (χ4n) is 4.06. The Bertz CT molecular complexity index is 964. The number of amides is 2. The van der Waals surface area contributed by atoms with Crippen LogP contribution in [-0.2, 0) is 14.3 Å². The minimum Gasteiger partial charge on any atom is -0.481 e. The number of nitrogens with zero attached hydrogens (tertiary/aromatic N) is 1. The van der Waals surface area contributed by atoms with E-state index in [4.69, 9.17) is 4.74 Å². The van der Waals surface area contributed by atoms with E-state index in [1.807, 2.05) is 48.5 Å². The van der Waals surface area contributed by atoms with Gasteiger partial charge >= 0.3 is 12.1 Å². The van der Waals surface area contributed by atoms with Gasteiger partial charge in [-0.3, -0.25) is 9.59 Å². The number of hydrogen-bond donors (Lipinski definition) is 4. The van der Waals surface area contributed by atoms with Gasteiger partial charge in [-0.05, 0) is 36.3 Å². The summed E-state index contributed by atoms with van der Waals surface area (Å²) in [4.78, 5) is 38.1. The van der Waals surface area contributed by atoms with Gasteiger partial charge in [0, 0.05) is 12.5 Å². The summed E-state index contributed by atoms with van der Waals surface area (Å²) in [5.74, 6) is -2.11. The van der Waals surface area contributed by atoms with E-state index < -0.39 is 36.5 Å². The number of aliphatic hydroxyl groups is 1. The maximum absolute atomic E-state index is 12.6. The van der Waals surface area contributed by atoms with Gasteiger partial charge in [0.15, 0.2) is 0 Å². The van der Waals surface area contributed by atoms with Crippen molar-refractivity contribution in [3.8, 4) is 11.1 Å². The zero-order valence-corrected chi connectivity index (χ0v) is 18.7. The predicted octanol–water partition coefficient (Wildman–Crippen LogP) is 1.41. The second kappa shape index (κ2) is 10.9. The number of carbonyl (C=O) groups is 3. The average molecular weight is 456 g/mol. The first kappa shape index (κ1) is 24.2. The quantitative estimate of drug-likeness (QED) is 0.426. The molecule has 2 aromatic rings. The molecule has 0 spiro atoms. The summed E-state index contributed by atoms with van der Waals surface area (Å²) < 4.78 is 5.42. The first-order valence-electron chi connectivity index (χ1n) is 10.7. The van der Waals surface area contributed by atoms with Gasteiger partial charge in [-0.15, -0.1) is 0 Å². The van der Waals surface area contributed by atoms with Crippen molar-refractivity contribution in [3.63, 3.8) is 0 Å². The van der Waals surface area contributed by atoms with Crippen LogP contribution in [0, 0.1) is 0 Å². The number of ether oxygens (including phenoxy) is 1. The van der Waals surface area contributed by atoms with Crippen LogP contribution in [-0.4, -0.2) is 79.0 Å². The molecular formula is C24H29N3O6. The maximum atomic E-state index is 12.6. The van der Waals surface area contributed by atoms with Gasteiger partial charge in [0.25, 0.3) is 0 Å². The van der Waals surface area contributed by atoms with E-state index in [-0.39, 0.29) is 19.1 Å². The van der Waals surface area contributed by atoms with Crippen molar-refractivity contribution in [3.05, 3.63) is 59.7 Å². The highest BCUT2D eigenvalue weighted by Crippen LogP contribution is 2.44. The molecule has 9 heteroatoms. The molecule has 1 aliphatic carbocycles. The third-order valence-corrected chi connectivity index (χ3v) is 5.48. The molecule has 0 bridgehead atoms. The first-order valence-corrected chi connectivity index (χ1v) is 10.7. The van der Waals surface area contributed by atoms with Crippen LogP contribution >= 0.6 is 0 Å². The molecule has 0 aromatic heterocycles. The van der Waals surface area contributed by atoms with Crippen LogP contribution in [0.3, 0.4) is 0 Å². The molecule has 176 valence electrons. The standard InChI is InChI=1S/C24H29N3O6/c1-27(2)12-15(13-28)25-23(31)21(11-22(29)30)26-24(32)33-14-20-18-9-5-3-7-16(18)17-8-4-6-10-19(17)20/h3-10,15,20-21,28H,11-14H2,1-2H3,(H,25,31)(H,26,32)(H,29,30). The highest BCUT2D eigenvalue weighted by atomic mass is 16.5. The van der Waals surface area contributed by atoms with E-state index in [2.05, 4.69) is 10.6 Å². The largest absolute Gasteiger partial charge is 0.481 e. The number of carboxylic acids is 1. The van der Waals surface area contributed by atoms with Crippen molar-refractivity contribution in [2.45, 2.75) is 24.4 Å². The molecule has 3 rings (SSSR count). The van der Waals surface area contributed by atoms with E-state index >= 15 is 0 Å². The average Bonchev–Trinajstić information content (AvgIpc) is 3.10. The third kappa shape index (κ3) is 6.09. The molecule has 0 radical (unpaired) electrons.